The van der Waals surface area contributed by atoms with Gasteiger partial charge in [0.2, 0.25) is 5.91 Å². The molecule has 0 spiro atoms. The smallest absolute Gasteiger partial charge is 0.267 e. The highest BCUT2D eigenvalue weighted by molar-refractivity contribution is 5.76. The largest absolute Gasteiger partial charge is 0.496 e. The van der Waals surface area contributed by atoms with Crippen molar-refractivity contribution < 1.29 is 9.53 Å². The van der Waals surface area contributed by atoms with Crippen LogP contribution in [0.1, 0.15) is 38.5 Å². The molecule has 1 heterocycles. The van der Waals surface area contributed by atoms with Crippen LogP contribution in [-0.4, -0.2) is 28.8 Å². The zero-order valence-electron chi connectivity index (χ0n) is 15.1. The summed E-state index contributed by atoms with van der Waals surface area (Å²) in [5.74, 6) is 0.511. The van der Waals surface area contributed by atoms with E-state index < -0.39 is 0 Å². The molecule has 6 heteroatoms. The molecule has 1 fully saturated rings. The number of benzene rings is 1. The number of rotatable bonds is 5. The van der Waals surface area contributed by atoms with E-state index in [0.717, 1.165) is 31.2 Å². The van der Waals surface area contributed by atoms with Crippen LogP contribution in [0.2, 0.25) is 0 Å². The van der Waals surface area contributed by atoms with Crippen LogP contribution in [0, 0.1) is 0 Å². The van der Waals surface area contributed by atoms with Crippen LogP contribution in [-0.2, 0) is 11.3 Å². The normalized spacial score (nSPS) is 15.3. The van der Waals surface area contributed by atoms with Gasteiger partial charge in [0.15, 0.2) is 0 Å². The van der Waals surface area contributed by atoms with Crippen molar-refractivity contribution in [2.45, 2.75) is 51.1 Å². The molecule has 0 radical (unpaired) electrons. The monoisotopic (exact) mass is 355 g/mol. The van der Waals surface area contributed by atoms with Crippen molar-refractivity contribution >= 4 is 5.91 Å². The van der Waals surface area contributed by atoms with E-state index in [1.54, 1.807) is 13.2 Å². The molecule has 0 bridgehead atoms. The first-order valence-electron chi connectivity index (χ1n) is 9.18. The van der Waals surface area contributed by atoms with Crippen LogP contribution < -0.4 is 15.6 Å². The zero-order valence-corrected chi connectivity index (χ0v) is 15.1. The molecule has 1 saturated carbocycles. The van der Waals surface area contributed by atoms with Gasteiger partial charge in [0.25, 0.3) is 5.56 Å². The molecule has 2 aromatic rings. The van der Waals surface area contributed by atoms with Crippen LogP contribution in [0.5, 0.6) is 5.75 Å². The number of carbonyl (C=O) groups is 1. The molecule has 0 atom stereocenters. The molecule has 1 aliphatic carbocycles. The Morgan fingerprint density at radius 1 is 1.15 bits per heavy atom. The van der Waals surface area contributed by atoms with Gasteiger partial charge < -0.3 is 10.1 Å². The maximum Gasteiger partial charge on any atom is 0.267 e. The van der Waals surface area contributed by atoms with Gasteiger partial charge in [-0.25, -0.2) is 4.68 Å². The van der Waals surface area contributed by atoms with Crippen LogP contribution in [0.15, 0.2) is 41.2 Å². The van der Waals surface area contributed by atoms with Crippen molar-refractivity contribution in [1.82, 2.24) is 15.1 Å². The molecule has 1 amide bonds. The van der Waals surface area contributed by atoms with Crippen molar-refractivity contribution in [2.75, 3.05) is 7.11 Å². The van der Waals surface area contributed by atoms with Gasteiger partial charge in [0.1, 0.15) is 12.3 Å². The average Bonchev–Trinajstić information content (AvgIpc) is 2.92. The van der Waals surface area contributed by atoms with Gasteiger partial charge in [-0.1, -0.05) is 37.8 Å². The molecule has 26 heavy (non-hydrogen) atoms. The summed E-state index contributed by atoms with van der Waals surface area (Å²) in [7, 11) is 1.59. The first-order chi connectivity index (χ1) is 12.7. The van der Waals surface area contributed by atoms with E-state index in [0.29, 0.717) is 11.4 Å². The second kappa shape index (κ2) is 8.65. The predicted molar refractivity (Wildman–Crippen MR) is 100 cm³/mol. The fourth-order valence-electron chi connectivity index (χ4n) is 3.40. The lowest BCUT2D eigenvalue weighted by atomic mass is 10.1. The summed E-state index contributed by atoms with van der Waals surface area (Å²) in [4.78, 5) is 24.5. The summed E-state index contributed by atoms with van der Waals surface area (Å²) < 4.78 is 6.57. The van der Waals surface area contributed by atoms with E-state index in [1.807, 2.05) is 24.3 Å². The van der Waals surface area contributed by atoms with Gasteiger partial charge in [-0.2, -0.15) is 5.10 Å². The number of amides is 1. The highest BCUT2D eigenvalue weighted by Gasteiger charge is 2.16. The predicted octanol–water partition coefficient (Wildman–Crippen LogP) is 2.76. The average molecular weight is 355 g/mol. The molecule has 0 unspecified atom stereocenters. The highest BCUT2D eigenvalue weighted by Crippen LogP contribution is 2.27. The SMILES string of the molecule is COc1ccccc1-c1ccc(=O)n(CC(=O)NC2CCCCCC2)n1. The molecule has 0 saturated heterocycles. The third kappa shape index (κ3) is 4.50. The quantitative estimate of drug-likeness (QED) is 0.837. The number of hydrogen-bond acceptors (Lipinski definition) is 4. The summed E-state index contributed by atoms with van der Waals surface area (Å²) in [5.41, 5.74) is 1.09. The third-order valence-corrected chi connectivity index (χ3v) is 4.76. The van der Waals surface area contributed by atoms with E-state index >= 15 is 0 Å². The maximum atomic E-state index is 12.4. The number of nitrogens with one attached hydrogen (secondary N) is 1. The number of ether oxygens (including phenoxy) is 1. The van der Waals surface area contributed by atoms with Crippen LogP contribution >= 0.6 is 0 Å². The number of hydrogen-bond donors (Lipinski definition) is 1. The number of aromatic nitrogens is 2. The number of carbonyl (C=O) groups excluding carboxylic acids is 1. The Morgan fingerprint density at radius 2 is 1.88 bits per heavy atom. The topological polar surface area (TPSA) is 73.2 Å². The first kappa shape index (κ1) is 18.2. The van der Waals surface area contributed by atoms with Crippen LogP contribution in [0.3, 0.4) is 0 Å². The van der Waals surface area contributed by atoms with Gasteiger partial charge >= 0.3 is 0 Å². The Hall–Kier alpha value is -2.63. The lowest BCUT2D eigenvalue weighted by molar-refractivity contribution is -0.122. The summed E-state index contributed by atoms with van der Waals surface area (Å²) in [6, 6.07) is 10.8. The fourth-order valence-corrected chi connectivity index (χ4v) is 3.40. The molecule has 1 N–H and O–H groups in total. The van der Waals surface area contributed by atoms with E-state index in [1.165, 1.54) is 23.6 Å². The van der Waals surface area contributed by atoms with Gasteiger partial charge in [-0.3, -0.25) is 9.59 Å². The van der Waals surface area contributed by atoms with Crippen LogP contribution in [0.4, 0.5) is 0 Å². The Labute approximate surface area is 153 Å². The lowest BCUT2D eigenvalue weighted by Gasteiger charge is -2.16. The van der Waals surface area contributed by atoms with Gasteiger partial charge in [-0.05, 0) is 31.0 Å². The minimum absolute atomic E-state index is 0.0711. The molecular weight excluding hydrogens is 330 g/mol. The van der Waals surface area contributed by atoms with E-state index in [-0.39, 0.29) is 24.1 Å². The first-order valence-corrected chi connectivity index (χ1v) is 9.18. The molecule has 0 aliphatic heterocycles. The Kier molecular flexibility index (Phi) is 6.04. The molecule has 6 nitrogen and oxygen atoms in total. The standard InChI is InChI=1S/C20H25N3O3/c1-26-18-11-7-6-10-16(18)17-12-13-20(25)23(22-17)14-19(24)21-15-8-4-2-3-5-9-15/h6-7,10-13,15H,2-5,8-9,14H2,1H3,(H,21,24). The Morgan fingerprint density at radius 3 is 2.62 bits per heavy atom. The fraction of sp³-hybridized carbons (Fsp3) is 0.450. The lowest BCUT2D eigenvalue weighted by Crippen LogP contribution is -2.39. The number of methoxy groups -OCH3 is 1. The second-order valence-corrected chi connectivity index (χ2v) is 6.67. The summed E-state index contributed by atoms with van der Waals surface area (Å²) >= 11 is 0. The van der Waals surface area contributed by atoms with E-state index in [2.05, 4.69) is 10.4 Å². The highest BCUT2D eigenvalue weighted by atomic mass is 16.5. The summed E-state index contributed by atoms with van der Waals surface area (Å²) in [6.07, 6.45) is 6.77. The van der Waals surface area contributed by atoms with Crippen molar-refractivity contribution in [1.29, 1.82) is 0 Å². The summed E-state index contributed by atoms with van der Waals surface area (Å²) in [5, 5.41) is 7.42. The van der Waals surface area contributed by atoms with E-state index in [4.69, 9.17) is 4.74 Å². The Bertz CT molecular complexity index is 808. The number of nitrogens with zero attached hydrogens (tertiary/aromatic N) is 2. The van der Waals surface area contributed by atoms with Crippen LogP contribution in [0.25, 0.3) is 11.3 Å². The Balaban J connectivity index is 1.75. The minimum atomic E-state index is -0.292. The van der Waals surface area contributed by atoms with Crippen molar-refractivity contribution in [2.24, 2.45) is 0 Å². The third-order valence-electron chi connectivity index (χ3n) is 4.76. The molecule has 1 aromatic carbocycles. The van der Waals surface area contributed by atoms with Gasteiger partial charge in [0, 0.05) is 17.7 Å². The molecule has 1 aromatic heterocycles. The molecule has 138 valence electrons. The summed E-state index contributed by atoms with van der Waals surface area (Å²) in [6.45, 7) is -0.0711. The zero-order chi connectivity index (χ0) is 18.4. The van der Waals surface area contributed by atoms with Crippen molar-refractivity contribution in [3.05, 3.63) is 46.8 Å². The van der Waals surface area contributed by atoms with Gasteiger partial charge in [0.05, 0.1) is 12.8 Å². The molecule has 1 aliphatic rings. The van der Waals surface area contributed by atoms with Crippen molar-refractivity contribution in [3.63, 3.8) is 0 Å². The molecular formula is C20H25N3O3. The minimum Gasteiger partial charge on any atom is -0.496 e. The molecule has 3 rings (SSSR count). The second-order valence-electron chi connectivity index (χ2n) is 6.67. The van der Waals surface area contributed by atoms with E-state index in [9.17, 15) is 9.59 Å². The van der Waals surface area contributed by atoms with Crippen molar-refractivity contribution in [3.8, 4) is 17.0 Å². The maximum absolute atomic E-state index is 12.4. The van der Waals surface area contributed by atoms with Gasteiger partial charge in [-0.15, -0.1) is 0 Å². The number of para-hydroxylation sites is 1.